The molecule has 2 rings (SSSR count). The molecule has 0 saturated carbocycles. The normalized spacial score (nSPS) is 17.0. The van der Waals surface area contributed by atoms with E-state index in [0.717, 1.165) is 19.3 Å². The lowest BCUT2D eigenvalue weighted by molar-refractivity contribution is -0.122. The summed E-state index contributed by atoms with van der Waals surface area (Å²) in [5.74, 6) is 0.164. The summed E-state index contributed by atoms with van der Waals surface area (Å²) in [6.45, 7) is 6.57. The lowest BCUT2D eigenvalue weighted by atomic mass is 10.2. The van der Waals surface area contributed by atoms with Crippen LogP contribution in [-0.2, 0) is 14.8 Å². The Hall–Kier alpha value is -1.80. The number of nitrogens with zero attached hydrogens (tertiary/aromatic N) is 1. The quantitative estimate of drug-likeness (QED) is 0.754. The van der Waals surface area contributed by atoms with E-state index in [1.54, 1.807) is 25.1 Å². The molecular weight excluding hydrogens is 354 g/mol. The van der Waals surface area contributed by atoms with Crippen LogP contribution in [0.4, 0.5) is 5.69 Å². The van der Waals surface area contributed by atoms with Crippen LogP contribution in [0.25, 0.3) is 0 Å². The van der Waals surface area contributed by atoms with Gasteiger partial charge in [0.05, 0.1) is 7.11 Å². The lowest BCUT2D eigenvalue weighted by Crippen LogP contribution is -2.41. The molecule has 1 atom stereocenters. The molecule has 1 amide bonds. The van der Waals surface area contributed by atoms with Crippen LogP contribution in [0, 0.1) is 0 Å². The van der Waals surface area contributed by atoms with Crippen LogP contribution >= 0.6 is 0 Å². The fraction of sp³-hybridized carbons (Fsp3) is 0.611. The smallest absolute Gasteiger partial charge is 0.246 e. The summed E-state index contributed by atoms with van der Waals surface area (Å²) in [7, 11) is -2.18. The zero-order valence-electron chi connectivity index (χ0n) is 15.9. The van der Waals surface area contributed by atoms with Crippen LogP contribution in [0.15, 0.2) is 23.1 Å². The van der Waals surface area contributed by atoms with Crippen LogP contribution in [0.1, 0.15) is 40.0 Å². The van der Waals surface area contributed by atoms with Gasteiger partial charge in [0, 0.05) is 24.8 Å². The molecule has 2 N–H and O–H groups in total. The number of carbonyl (C=O) groups is 1. The Morgan fingerprint density at radius 1 is 1.15 bits per heavy atom. The van der Waals surface area contributed by atoms with E-state index in [-0.39, 0.29) is 16.8 Å². The van der Waals surface area contributed by atoms with Gasteiger partial charge >= 0.3 is 0 Å². The first-order valence-electron chi connectivity index (χ1n) is 9.01. The third-order valence-corrected chi connectivity index (χ3v) is 6.22. The van der Waals surface area contributed by atoms with E-state index in [0.29, 0.717) is 24.5 Å². The Bertz CT molecular complexity index is 728. The summed E-state index contributed by atoms with van der Waals surface area (Å²) in [5.41, 5.74) is 0.563. The first kappa shape index (κ1) is 20.5. The summed E-state index contributed by atoms with van der Waals surface area (Å²) in [4.78, 5) is 12.2. The third-order valence-electron chi connectivity index (χ3n) is 4.30. The first-order valence-corrected chi connectivity index (χ1v) is 10.4. The maximum absolute atomic E-state index is 13.0. The van der Waals surface area contributed by atoms with Crippen molar-refractivity contribution in [3.8, 4) is 5.75 Å². The van der Waals surface area contributed by atoms with Gasteiger partial charge in [0.25, 0.3) is 0 Å². The highest BCUT2D eigenvalue weighted by atomic mass is 32.2. The lowest BCUT2D eigenvalue weighted by Gasteiger charge is -2.27. The SMILES string of the molecule is COc1ccc(NC(C)C(=O)NC(C)C)cc1S(=O)(=O)N1CCCCC1. The number of hydrogen-bond donors (Lipinski definition) is 2. The molecular formula is C18H29N3O4S. The zero-order valence-corrected chi connectivity index (χ0v) is 16.7. The molecule has 0 aliphatic carbocycles. The second kappa shape index (κ2) is 8.73. The average Bonchev–Trinajstić information content (AvgIpc) is 2.61. The van der Waals surface area contributed by atoms with E-state index in [1.165, 1.54) is 11.4 Å². The fourth-order valence-corrected chi connectivity index (χ4v) is 4.64. The van der Waals surface area contributed by atoms with Gasteiger partial charge in [-0.1, -0.05) is 6.42 Å². The van der Waals surface area contributed by atoms with Gasteiger partial charge in [-0.3, -0.25) is 4.79 Å². The average molecular weight is 384 g/mol. The van der Waals surface area contributed by atoms with Crippen LogP contribution in [0.2, 0.25) is 0 Å². The zero-order chi connectivity index (χ0) is 19.3. The largest absolute Gasteiger partial charge is 0.495 e. The van der Waals surface area contributed by atoms with Crippen molar-refractivity contribution in [3.63, 3.8) is 0 Å². The summed E-state index contributed by atoms with van der Waals surface area (Å²) < 4.78 is 32.8. The van der Waals surface area contributed by atoms with Crippen LogP contribution < -0.4 is 15.4 Å². The standard InChI is InChI=1S/C18H29N3O4S/c1-13(2)19-18(22)14(3)20-15-8-9-16(25-4)17(12-15)26(23,24)21-10-6-5-7-11-21/h8-9,12-14,20H,5-7,10-11H2,1-4H3,(H,19,22). The van der Waals surface area contributed by atoms with Gasteiger partial charge in [0.1, 0.15) is 16.7 Å². The number of carbonyl (C=O) groups excluding carboxylic acids is 1. The Morgan fingerprint density at radius 2 is 1.81 bits per heavy atom. The molecule has 0 aromatic heterocycles. The van der Waals surface area contributed by atoms with E-state index >= 15 is 0 Å². The minimum absolute atomic E-state index is 0.0395. The number of benzene rings is 1. The maximum Gasteiger partial charge on any atom is 0.246 e. The van der Waals surface area contributed by atoms with Gasteiger partial charge in [-0.15, -0.1) is 0 Å². The number of amides is 1. The Labute approximate surface area is 156 Å². The molecule has 1 heterocycles. The summed E-state index contributed by atoms with van der Waals surface area (Å²) in [5, 5.41) is 5.89. The van der Waals surface area contributed by atoms with E-state index < -0.39 is 16.1 Å². The van der Waals surface area contributed by atoms with Crippen molar-refractivity contribution in [2.45, 2.75) is 57.0 Å². The monoisotopic (exact) mass is 383 g/mol. The van der Waals surface area contributed by atoms with Crippen molar-refractivity contribution < 1.29 is 17.9 Å². The number of hydrogen-bond acceptors (Lipinski definition) is 5. The molecule has 1 aliphatic rings. The number of rotatable bonds is 7. The Balaban J connectivity index is 2.26. The molecule has 1 aromatic carbocycles. The molecule has 1 aromatic rings. The van der Waals surface area contributed by atoms with Crippen molar-refractivity contribution >= 4 is 21.6 Å². The topological polar surface area (TPSA) is 87.7 Å². The number of sulfonamides is 1. The number of piperidine rings is 1. The van der Waals surface area contributed by atoms with E-state index in [1.807, 2.05) is 13.8 Å². The van der Waals surface area contributed by atoms with Gasteiger partial charge in [-0.2, -0.15) is 4.31 Å². The van der Waals surface area contributed by atoms with Gasteiger partial charge in [0.15, 0.2) is 0 Å². The highest BCUT2D eigenvalue weighted by Gasteiger charge is 2.29. The maximum atomic E-state index is 13.0. The highest BCUT2D eigenvalue weighted by molar-refractivity contribution is 7.89. The van der Waals surface area contributed by atoms with Crippen LogP contribution in [0.5, 0.6) is 5.75 Å². The van der Waals surface area contributed by atoms with Crippen molar-refractivity contribution in [2.24, 2.45) is 0 Å². The number of anilines is 1. The molecule has 0 radical (unpaired) electrons. The number of ether oxygens (including phenoxy) is 1. The molecule has 0 bridgehead atoms. The second-order valence-electron chi connectivity index (χ2n) is 6.86. The molecule has 1 aliphatic heterocycles. The Kier molecular flexibility index (Phi) is 6.88. The fourth-order valence-electron chi connectivity index (χ4n) is 2.94. The molecule has 7 nitrogen and oxygen atoms in total. The molecule has 1 fully saturated rings. The van der Waals surface area contributed by atoms with E-state index in [9.17, 15) is 13.2 Å². The molecule has 146 valence electrons. The Morgan fingerprint density at radius 3 is 2.38 bits per heavy atom. The minimum Gasteiger partial charge on any atom is -0.495 e. The van der Waals surface area contributed by atoms with Crippen LogP contribution in [-0.4, -0.2) is 50.9 Å². The van der Waals surface area contributed by atoms with Gasteiger partial charge in [-0.25, -0.2) is 8.42 Å². The van der Waals surface area contributed by atoms with E-state index in [4.69, 9.17) is 4.74 Å². The van der Waals surface area contributed by atoms with Gasteiger partial charge in [-0.05, 0) is 51.8 Å². The summed E-state index contributed by atoms with van der Waals surface area (Å²) in [6, 6.07) is 4.43. The highest BCUT2D eigenvalue weighted by Crippen LogP contribution is 2.31. The summed E-state index contributed by atoms with van der Waals surface area (Å²) >= 11 is 0. The van der Waals surface area contributed by atoms with Crippen molar-refractivity contribution in [1.82, 2.24) is 9.62 Å². The minimum atomic E-state index is -3.63. The predicted molar refractivity (Wildman–Crippen MR) is 102 cm³/mol. The van der Waals surface area contributed by atoms with Crippen molar-refractivity contribution in [1.29, 1.82) is 0 Å². The molecule has 26 heavy (non-hydrogen) atoms. The third kappa shape index (κ3) is 4.88. The molecule has 0 spiro atoms. The number of nitrogens with one attached hydrogen (secondary N) is 2. The van der Waals surface area contributed by atoms with Crippen molar-refractivity contribution in [3.05, 3.63) is 18.2 Å². The molecule has 8 heteroatoms. The van der Waals surface area contributed by atoms with Crippen LogP contribution in [0.3, 0.4) is 0 Å². The second-order valence-corrected chi connectivity index (χ2v) is 8.77. The molecule has 1 saturated heterocycles. The predicted octanol–water partition coefficient (Wildman–Crippen LogP) is 2.19. The summed E-state index contributed by atoms with van der Waals surface area (Å²) in [6.07, 6.45) is 2.78. The number of methoxy groups -OCH3 is 1. The first-order chi connectivity index (χ1) is 12.3. The van der Waals surface area contributed by atoms with E-state index in [2.05, 4.69) is 10.6 Å². The van der Waals surface area contributed by atoms with Crippen molar-refractivity contribution in [2.75, 3.05) is 25.5 Å². The molecule has 1 unspecified atom stereocenters. The van der Waals surface area contributed by atoms with Gasteiger partial charge < -0.3 is 15.4 Å². The van der Waals surface area contributed by atoms with Gasteiger partial charge in [0.2, 0.25) is 15.9 Å².